The van der Waals surface area contributed by atoms with Crippen molar-refractivity contribution in [3.05, 3.63) is 11.6 Å². The molecule has 4 unspecified atom stereocenters. The minimum atomic E-state index is -1.14. The number of aliphatic hydroxyl groups is 3. The summed E-state index contributed by atoms with van der Waals surface area (Å²) in [6, 6.07) is 0. The molecule has 5 aliphatic carbocycles. The predicted octanol–water partition coefficient (Wildman–Crippen LogP) is 6.23. The van der Waals surface area contributed by atoms with Crippen molar-refractivity contribution in [1.29, 1.82) is 0 Å². The summed E-state index contributed by atoms with van der Waals surface area (Å²) in [5.41, 5.74) is 2.28. The van der Waals surface area contributed by atoms with Gasteiger partial charge in [-0.15, -0.1) is 0 Å². The highest BCUT2D eigenvalue weighted by Gasteiger charge is 2.68. The third kappa shape index (κ3) is 3.88. The van der Waals surface area contributed by atoms with Crippen LogP contribution in [-0.2, 0) is 9.53 Å². The molecule has 6 rings (SSSR count). The van der Waals surface area contributed by atoms with Crippen LogP contribution in [0.15, 0.2) is 11.6 Å². The Bertz CT molecular complexity index is 1080. The lowest BCUT2D eigenvalue weighted by Gasteiger charge is -2.71. The average molecular weight is 557 g/mol. The molecule has 40 heavy (non-hydrogen) atoms. The third-order valence-electron chi connectivity index (χ3n) is 14.8. The number of hydrogen-bond acceptors (Lipinski definition) is 5. The van der Waals surface area contributed by atoms with E-state index in [2.05, 4.69) is 54.5 Å². The highest BCUT2D eigenvalue weighted by Crippen LogP contribution is 2.76. The van der Waals surface area contributed by atoms with Crippen LogP contribution in [0.5, 0.6) is 0 Å². The Morgan fingerprint density at radius 3 is 2.30 bits per heavy atom. The summed E-state index contributed by atoms with van der Waals surface area (Å²) in [7, 11) is 0. The van der Waals surface area contributed by atoms with Crippen LogP contribution in [-0.4, -0.2) is 52.1 Å². The van der Waals surface area contributed by atoms with E-state index < -0.39 is 24.4 Å². The molecule has 1 aliphatic heterocycles. The molecule has 6 aliphatic rings. The van der Waals surface area contributed by atoms with Crippen LogP contribution >= 0.6 is 0 Å². The highest BCUT2D eigenvalue weighted by molar-refractivity contribution is 5.85. The Morgan fingerprint density at radius 1 is 0.875 bits per heavy atom. The molecule has 0 spiro atoms. The van der Waals surface area contributed by atoms with E-state index in [-0.39, 0.29) is 39.1 Å². The number of hydrogen-bond donors (Lipinski definition) is 3. The van der Waals surface area contributed by atoms with Crippen molar-refractivity contribution in [1.82, 2.24) is 0 Å². The molecule has 0 radical (unpaired) electrons. The van der Waals surface area contributed by atoms with E-state index >= 15 is 0 Å². The number of ketones is 1. The van der Waals surface area contributed by atoms with Gasteiger partial charge in [0, 0.05) is 11.8 Å². The second-order valence-electron chi connectivity index (χ2n) is 17.3. The van der Waals surface area contributed by atoms with Gasteiger partial charge in [0.25, 0.3) is 0 Å². The predicted molar refractivity (Wildman–Crippen MR) is 156 cm³/mol. The number of allylic oxidation sites excluding steroid dienone is 2. The number of ether oxygens (including phenoxy) is 1. The molecule has 0 aromatic rings. The summed E-state index contributed by atoms with van der Waals surface area (Å²) in [6.07, 6.45) is 10.7. The summed E-state index contributed by atoms with van der Waals surface area (Å²) >= 11 is 0. The summed E-state index contributed by atoms with van der Waals surface area (Å²) < 4.78 is 6.03. The molecule has 0 amide bonds. The number of carbonyl (C=O) groups is 1. The molecule has 5 fully saturated rings. The van der Waals surface area contributed by atoms with Gasteiger partial charge in [-0.05, 0) is 109 Å². The summed E-state index contributed by atoms with van der Waals surface area (Å²) in [5, 5.41) is 31.5. The molecule has 0 bridgehead atoms. The molecule has 11 atom stereocenters. The van der Waals surface area contributed by atoms with Crippen molar-refractivity contribution in [3.8, 4) is 0 Å². The Balaban J connectivity index is 1.38. The minimum Gasteiger partial charge on any atom is -0.388 e. The number of aliphatic hydroxyl groups excluding tert-OH is 3. The number of fused-ring (bicyclic) bond motifs is 7. The topological polar surface area (TPSA) is 87.0 Å². The maximum absolute atomic E-state index is 13.1. The Kier molecular flexibility index (Phi) is 6.69. The van der Waals surface area contributed by atoms with E-state index in [9.17, 15) is 20.1 Å². The van der Waals surface area contributed by atoms with Gasteiger partial charge in [0.05, 0.1) is 12.7 Å². The van der Waals surface area contributed by atoms with Gasteiger partial charge in [-0.1, -0.05) is 60.1 Å². The summed E-state index contributed by atoms with van der Waals surface area (Å²) in [5.74, 6) is 1.96. The van der Waals surface area contributed by atoms with Crippen molar-refractivity contribution in [2.24, 2.45) is 50.2 Å². The van der Waals surface area contributed by atoms with Crippen molar-refractivity contribution in [2.75, 3.05) is 6.61 Å². The molecule has 5 heteroatoms. The quantitative estimate of drug-likeness (QED) is 0.351. The first kappa shape index (κ1) is 29.3. The average Bonchev–Trinajstić information content (AvgIpc) is 2.88. The highest BCUT2D eigenvalue weighted by atomic mass is 16.5. The van der Waals surface area contributed by atoms with E-state index in [0.717, 1.165) is 57.8 Å². The maximum Gasteiger partial charge on any atom is 0.138 e. The Hall–Kier alpha value is -0.750. The summed E-state index contributed by atoms with van der Waals surface area (Å²) in [6.45, 7) is 17.1. The van der Waals surface area contributed by atoms with Gasteiger partial charge >= 0.3 is 0 Å². The van der Waals surface area contributed by atoms with Crippen LogP contribution in [0.3, 0.4) is 0 Å². The SMILES string of the molecule is CC1(C)CC[C@]2(C[C@@H]3OC[C@@H](O)[C@H](O)C3O)CC[C@]3(C)C(=CCC4[C@@]5(C)CCC(=O)C(C)(C)C5CC[C@]43C)C2C1. The molecule has 1 saturated heterocycles. The van der Waals surface area contributed by atoms with Gasteiger partial charge in [-0.2, -0.15) is 0 Å². The Morgan fingerprint density at radius 2 is 1.57 bits per heavy atom. The number of rotatable bonds is 2. The van der Waals surface area contributed by atoms with E-state index in [1.54, 1.807) is 5.57 Å². The second-order valence-corrected chi connectivity index (χ2v) is 17.3. The first-order chi connectivity index (χ1) is 18.5. The fourth-order valence-corrected chi connectivity index (χ4v) is 12.0. The molecular weight excluding hydrogens is 500 g/mol. The molecule has 1 heterocycles. The zero-order valence-electron chi connectivity index (χ0n) is 26.3. The molecule has 5 nitrogen and oxygen atoms in total. The molecule has 226 valence electrons. The van der Waals surface area contributed by atoms with Crippen molar-refractivity contribution < 1.29 is 24.9 Å². The lowest BCUT2D eigenvalue weighted by atomic mass is 9.33. The van der Waals surface area contributed by atoms with Crippen LogP contribution in [0, 0.1) is 50.2 Å². The summed E-state index contributed by atoms with van der Waals surface area (Å²) in [4.78, 5) is 13.1. The van der Waals surface area contributed by atoms with Gasteiger partial charge in [0.2, 0.25) is 0 Å². The first-order valence-electron chi connectivity index (χ1n) is 16.4. The molecule has 3 N–H and O–H groups in total. The number of Topliss-reactive ketones (excluding diaryl/α,β-unsaturated/α-hetero) is 1. The van der Waals surface area contributed by atoms with E-state index in [4.69, 9.17) is 4.74 Å². The van der Waals surface area contributed by atoms with E-state index in [1.807, 2.05) is 0 Å². The van der Waals surface area contributed by atoms with Crippen LogP contribution in [0.2, 0.25) is 0 Å². The fourth-order valence-electron chi connectivity index (χ4n) is 12.0. The maximum atomic E-state index is 13.1. The molecular formula is C35H56O5. The third-order valence-corrected chi connectivity index (χ3v) is 14.8. The zero-order chi connectivity index (χ0) is 29.1. The standard InChI is InChI=1S/C35H56O5/c1-30(2)14-16-35(19-24-29(39)28(38)23(36)20-40-24)17-15-33(6)21(22(35)18-30)8-9-26-32(5)12-11-27(37)31(3,4)25(32)10-13-34(26,33)7/h8,22-26,28-29,36,38-39H,9-20H2,1-7H3/t22?,23-,24+,25?,26?,28+,29?,32+,33-,34-,35-/m1/s1. The van der Waals surface area contributed by atoms with Gasteiger partial charge < -0.3 is 20.1 Å². The first-order valence-corrected chi connectivity index (χ1v) is 16.4. The van der Waals surface area contributed by atoms with Crippen molar-refractivity contribution >= 4 is 5.78 Å². The Labute approximate surface area is 242 Å². The number of carbonyl (C=O) groups excluding carboxylic acids is 1. The van der Waals surface area contributed by atoms with Crippen LogP contribution < -0.4 is 0 Å². The lowest BCUT2D eigenvalue weighted by molar-refractivity contribution is -0.207. The minimum absolute atomic E-state index is 0.0536. The lowest BCUT2D eigenvalue weighted by Crippen LogP contribution is -2.64. The largest absolute Gasteiger partial charge is 0.388 e. The van der Waals surface area contributed by atoms with Gasteiger partial charge in [0.1, 0.15) is 24.1 Å². The van der Waals surface area contributed by atoms with Gasteiger partial charge in [-0.3, -0.25) is 4.79 Å². The van der Waals surface area contributed by atoms with E-state index in [1.165, 1.54) is 12.8 Å². The monoisotopic (exact) mass is 556 g/mol. The van der Waals surface area contributed by atoms with Crippen LogP contribution in [0.1, 0.15) is 119 Å². The molecule has 0 aromatic heterocycles. The normalized spacial score (nSPS) is 53.4. The molecule has 0 aromatic carbocycles. The van der Waals surface area contributed by atoms with Gasteiger partial charge in [0.15, 0.2) is 0 Å². The van der Waals surface area contributed by atoms with Crippen LogP contribution in [0.4, 0.5) is 0 Å². The zero-order valence-corrected chi connectivity index (χ0v) is 26.3. The second kappa shape index (κ2) is 9.13. The van der Waals surface area contributed by atoms with Crippen molar-refractivity contribution in [2.45, 2.75) is 144 Å². The smallest absolute Gasteiger partial charge is 0.138 e. The van der Waals surface area contributed by atoms with Crippen molar-refractivity contribution in [3.63, 3.8) is 0 Å². The van der Waals surface area contributed by atoms with E-state index in [0.29, 0.717) is 23.5 Å². The van der Waals surface area contributed by atoms with Gasteiger partial charge in [-0.25, -0.2) is 0 Å². The molecule has 4 saturated carbocycles. The fraction of sp³-hybridized carbons (Fsp3) is 0.914. The van der Waals surface area contributed by atoms with Crippen LogP contribution in [0.25, 0.3) is 0 Å².